The maximum absolute atomic E-state index is 12.5. The third kappa shape index (κ3) is 4.04. The van der Waals surface area contributed by atoms with E-state index < -0.39 is 4.92 Å². The maximum atomic E-state index is 12.5. The van der Waals surface area contributed by atoms with Crippen molar-refractivity contribution in [3.8, 4) is 0 Å². The van der Waals surface area contributed by atoms with Gasteiger partial charge in [0.1, 0.15) is 5.69 Å². The van der Waals surface area contributed by atoms with Gasteiger partial charge in [0.25, 0.3) is 11.6 Å². The van der Waals surface area contributed by atoms with Gasteiger partial charge in [-0.1, -0.05) is 0 Å². The van der Waals surface area contributed by atoms with Crippen LogP contribution < -0.4 is 16.0 Å². The fourth-order valence-corrected chi connectivity index (χ4v) is 3.84. The predicted molar refractivity (Wildman–Crippen MR) is 97.4 cm³/mol. The molecule has 0 radical (unpaired) electrons. The van der Waals surface area contributed by atoms with Gasteiger partial charge in [-0.15, -0.1) is 12.4 Å². The van der Waals surface area contributed by atoms with E-state index in [4.69, 9.17) is 0 Å². The topological polar surface area (TPSA) is 96.3 Å². The SMILES string of the molecule is Cl.O=C(NC1CC2CCC(C1)N2)c1ccc(NC2CC2)c([N+](=O)[O-])c1. The highest BCUT2D eigenvalue weighted by Gasteiger charge is 2.34. The number of carbonyl (C=O) groups excluding carboxylic acids is 1. The minimum absolute atomic E-state index is 0. The van der Waals surface area contributed by atoms with Crippen LogP contribution in [-0.4, -0.2) is 35.0 Å². The molecule has 0 aromatic heterocycles. The fraction of sp³-hybridized carbons (Fsp3) is 0.588. The van der Waals surface area contributed by atoms with E-state index in [9.17, 15) is 14.9 Å². The zero-order chi connectivity index (χ0) is 16.7. The van der Waals surface area contributed by atoms with Crippen molar-refractivity contribution in [2.75, 3.05) is 5.32 Å². The van der Waals surface area contributed by atoms with Crippen LogP contribution in [-0.2, 0) is 0 Å². The van der Waals surface area contributed by atoms with Crippen LogP contribution in [0.2, 0.25) is 0 Å². The number of nitro benzene ring substituents is 1. The summed E-state index contributed by atoms with van der Waals surface area (Å²) in [6, 6.07) is 6.17. The Balaban J connectivity index is 0.00000182. The highest BCUT2D eigenvalue weighted by atomic mass is 35.5. The molecule has 1 saturated carbocycles. The van der Waals surface area contributed by atoms with Gasteiger partial charge in [-0.05, 0) is 50.7 Å². The number of anilines is 1. The lowest BCUT2D eigenvalue weighted by Crippen LogP contribution is -2.48. The third-order valence-corrected chi connectivity index (χ3v) is 5.20. The van der Waals surface area contributed by atoms with E-state index in [-0.39, 0.29) is 30.0 Å². The van der Waals surface area contributed by atoms with E-state index in [0.29, 0.717) is 29.4 Å². The molecular weight excluding hydrogens is 344 g/mol. The van der Waals surface area contributed by atoms with Crippen LogP contribution in [0, 0.1) is 10.1 Å². The second-order valence-electron chi connectivity index (χ2n) is 7.19. The minimum atomic E-state index is -0.424. The van der Waals surface area contributed by atoms with E-state index in [2.05, 4.69) is 16.0 Å². The number of amides is 1. The summed E-state index contributed by atoms with van der Waals surface area (Å²) in [4.78, 5) is 23.4. The zero-order valence-electron chi connectivity index (χ0n) is 13.9. The molecule has 1 aromatic rings. The Morgan fingerprint density at radius 1 is 1.12 bits per heavy atom. The molecular formula is C17H23ClN4O3. The summed E-state index contributed by atoms with van der Waals surface area (Å²) >= 11 is 0. The Bertz CT molecular complexity index is 668. The molecule has 1 aromatic carbocycles. The molecule has 4 rings (SSSR count). The average molecular weight is 367 g/mol. The summed E-state index contributed by atoms with van der Waals surface area (Å²) in [5.74, 6) is -0.220. The second-order valence-corrected chi connectivity index (χ2v) is 7.19. The standard InChI is InChI=1S/C17H22N4O3.ClH/c22-17(20-14-8-12-4-5-13(9-14)18-12)10-1-6-15(19-11-2-3-11)16(7-10)21(23)24;/h1,6-7,11-14,18-19H,2-5,8-9H2,(H,20,22);1H. The molecule has 8 heteroatoms. The van der Waals surface area contributed by atoms with Gasteiger partial charge in [-0.2, -0.15) is 0 Å². The van der Waals surface area contributed by atoms with Crippen LogP contribution in [0.25, 0.3) is 0 Å². The molecule has 1 aliphatic carbocycles. The number of nitrogens with zero attached hydrogens (tertiary/aromatic N) is 1. The molecule has 2 bridgehead atoms. The van der Waals surface area contributed by atoms with Gasteiger partial charge in [0.2, 0.25) is 0 Å². The zero-order valence-corrected chi connectivity index (χ0v) is 14.7. The highest BCUT2D eigenvalue weighted by molar-refractivity contribution is 5.96. The molecule has 2 atom stereocenters. The lowest BCUT2D eigenvalue weighted by Gasteiger charge is -2.29. The van der Waals surface area contributed by atoms with Gasteiger partial charge >= 0.3 is 0 Å². The van der Waals surface area contributed by atoms with Gasteiger partial charge in [-0.25, -0.2) is 0 Å². The number of piperidine rings is 1. The van der Waals surface area contributed by atoms with Gasteiger partial charge in [0, 0.05) is 35.8 Å². The van der Waals surface area contributed by atoms with Gasteiger partial charge in [0.15, 0.2) is 0 Å². The van der Waals surface area contributed by atoms with Crippen molar-refractivity contribution in [1.82, 2.24) is 10.6 Å². The molecule has 136 valence electrons. The average Bonchev–Trinajstić information content (AvgIpc) is 3.30. The summed E-state index contributed by atoms with van der Waals surface area (Å²) in [6.45, 7) is 0. The number of fused-ring (bicyclic) bond motifs is 2. The first-order chi connectivity index (χ1) is 11.6. The van der Waals surface area contributed by atoms with E-state index in [1.165, 1.54) is 18.9 Å². The summed E-state index contributed by atoms with van der Waals surface area (Å²) in [6.07, 6.45) is 6.29. The van der Waals surface area contributed by atoms with Gasteiger partial charge in [-0.3, -0.25) is 14.9 Å². The number of hydrogen-bond donors (Lipinski definition) is 3. The molecule has 2 saturated heterocycles. The summed E-state index contributed by atoms with van der Waals surface area (Å²) in [5, 5.41) is 21.1. The number of benzene rings is 1. The van der Waals surface area contributed by atoms with Crippen LogP contribution in [0.15, 0.2) is 18.2 Å². The summed E-state index contributed by atoms with van der Waals surface area (Å²) in [7, 11) is 0. The molecule has 2 unspecified atom stereocenters. The van der Waals surface area contributed by atoms with E-state index in [1.54, 1.807) is 12.1 Å². The van der Waals surface area contributed by atoms with Crippen LogP contribution in [0.1, 0.15) is 48.9 Å². The quantitative estimate of drug-likeness (QED) is 0.550. The van der Waals surface area contributed by atoms with Gasteiger partial charge in [0.05, 0.1) is 4.92 Å². The van der Waals surface area contributed by atoms with Crippen molar-refractivity contribution in [3.63, 3.8) is 0 Å². The van der Waals surface area contributed by atoms with Crippen LogP contribution in [0.3, 0.4) is 0 Å². The first kappa shape index (κ1) is 17.9. The van der Waals surface area contributed by atoms with Crippen molar-refractivity contribution in [2.24, 2.45) is 0 Å². The number of carbonyl (C=O) groups is 1. The Kier molecular flexibility index (Phi) is 5.15. The molecule has 0 spiro atoms. The van der Waals surface area contributed by atoms with Crippen LogP contribution in [0.4, 0.5) is 11.4 Å². The Morgan fingerprint density at radius 3 is 2.40 bits per heavy atom. The van der Waals surface area contributed by atoms with Crippen molar-refractivity contribution in [1.29, 1.82) is 0 Å². The first-order valence-electron chi connectivity index (χ1n) is 8.70. The molecule has 2 aliphatic heterocycles. The number of nitrogens with one attached hydrogen (secondary N) is 3. The minimum Gasteiger partial charge on any atom is -0.377 e. The summed E-state index contributed by atoms with van der Waals surface area (Å²) < 4.78 is 0. The van der Waals surface area contributed by atoms with Crippen molar-refractivity contribution >= 4 is 29.7 Å². The number of hydrogen-bond acceptors (Lipinski definition) is 5. The lowest BCUT2D eigenvalue weighted by atomic mass is 9.99. The molecule has 7 nitrogen and oxygen atoms in total. The smallest absolute Gasteiger partial charge is 0.293 e. The van der Waals surface area contributed by atoms with Crippen molar-refractivity contribution in [3.05, 3.63) is 33.9 Å². The second kappa shape index (κ2) is 7.17. The number of rotatable bonds is 5. The van der Waals surface area contributed by atoms with Crippen LogP contribution in [0.5, 0.6) is 0 Å². The van der Waals surface area contributed by atoms with E-state index in [0.717, 1.165) is 25.7 Å². The molecule has 3 aliphatic rings. The molecule has 1 amide bonds. The van der Waals surface area contributed by atoms with Crippen LogP contribution >= 0.6 is 12.4 Å². The largest absolute Gasteiger partial charge is 0.377 e. The van der Waals surface area contributed by atoms with Gasteiger partial charge < -0.3 is 16.0 Å². The van der Waals surface area contributed by atoms with E-state index >= 15 is 0 Å². The number of halogens is 1. The first-order valence-corrected chi connectivity index (χ1v) is 8.70. The fourth-order valence-electron chi connectivity index (χ4n) is 3.84. The van der Waals surface area contributed by atoms with Crippen molar-refractivity contribution < 1.29 is 9.72 Å². The Morgan fingerprint density at radius 2 is 1.80 bits per heavy atom. The maximum Gasteiger partial charge on any atom is 0.293 e. The molecule has 3 fully saturated rings. The Labute approximate surface area is 152 Å². The Hall–Kier alpha value is -1.86. The third-order valence-electron chi connectivity index (χ3n) is 5.20. The lowest BCUT2D eigenvalue weighted by molar-refractivity contribution is -0.384. The predicted octanol–water partition coefficient (Wildman–Crippen LogP) is 2.60. The highest BCUT2D eigenvalue weighted by Crippen LogP contribution is 2.32. The normalized spacial score (nSPS) is 27.3. The summed E-state index contributed by atoms with van der Waals surface area (Å²) in [5.41, 5.74) is 0.827. The van der Waals surface area contributed by atoms with E-state index in [1.807, 2.05) is 0 Å². The van der Waals surface area contributed by atoms with Crippen molar-refractivity contribution in [2.45, 2.75) is 62.7 Å². The molecule has 2 heterocycles. The monoisotopic (exact) mass is 366 g/mol. The molecule has 25 heavy (non-hydrogen) atoms. The molecule has 3 N–H and O–H groups in total. The number of nitro groups is 1.